The fraction of sp³-hybridized carbons (Fsp3) is 0.488. The first-order valence-electron chi connectivity index (χ1n) is 18.9. The van der Waals surface area contributed by atoms with Crippen LogP contribution in [0.1, 0.15) is 115 Å². The Morgan fingerprint density at radius 2 is 1.75 bits per heavy atom. The third-order valence-electron chi connectivity index (χ3n) is 10.4. The van der Waals surface area contributed by atoms with Gasteiger partial charge in [-0.05, 0) is 88.0 Å². The van der Waals surface area contributed by atoms with Gasteiger partial charge in [0.05, 0.1) is 36.6 Å². The number of piperidine rings is 1. The van der Waals surface area contributed by atoms with Crippen LogP contribution in [0.4, 0.5) is 5.82 Å². The van der Waals surface area contributed by atoms with Crippen LogP contribution < -0.4 is 20.3 Å². The first-order chi connectivity index (χ1) is 25.4. The lowest BCUT2D eigenvalue weighted by atomic mass is 9.79. The van der Waals surface area contributed by atoms with Crippen LogP contribution in [0.15, 0.2) is 67.1 Å². The van der Waals surface area contributed by atoms with Gasteiger partial charge < -0.3 is 24.8 Å². The molecule has 1 aromatic carbocycles. The number of hydrogen-bond acceptors (Lipinski definition) is 8. The molecule has 12 heteroatoms. The van der Waals surface area contributed by atoms with E-state index in [4.69, 9.17) is 30.5 Å². The molecule has 0 saturated carbocycles. The van der Waals surface area contributed by atoms with Gasteiger partial charge in [-0.15, -0.1) is 0 Å². The van der Waals surface area contributed by atoms with Gasteiger partial charge in [-0.25, -0.2) is 4.68 Å². The number of carbonyl (C=O) groups is 1. The Bertz CT molecular complexity index is 1950. The van der Waals surface area contributed by atoms with Crippen molar-refractivity contribution in [2.45, 2.75) is 116 Å². The van der Waals surface area contributed by atoms with Gasteiger partial charge in [0, 0.05) is 36.1 Å². The third kappa shape index (κ3) is 8.81. The van der Waals surface area contributed by atoms with Crippen molar-refractivity contribution in [1.29, 1.82) is 10.8 Å². The first kappa shape index (κ1) is 37.8. The Hall–Kier alpha value is -4.97. The topological polar surface area (TPSA) is 154 Å². The van der Waals surface area contributed by atoms with E-state index in [9.17, 15) is 4.79 Å². The number of ether oxygens (including phenoxy) is 2. The monoisotopic (exact) mass is 722 g/mol. The number of rotatable bonds is 11. The Morgan fingerprint density at radius 1 is 1.00 bits per heavy atom. The average Bonchev–Trinajstić information content (AvgIpc) is 3.57. The van der Waals surface area contributed by atoms with E-state index >= 15 is 0 Å². The summed E-state index contributed by atoms with van der Waals surface area (Å²) >= 11 is 0. The van der Waals surface area contributed by atoms with E-state index in [1.807, 2.05) is 18.2 Å². The van der Waals surface area contributed by atoms with Crippen molar-refractivity contribution >= 4 is 17.7 Å². The van der Waals surface area contributed by atoms with Crippen molar-refractivity contribution < 1.29 is 19.4 Å². The van der Waals surface area contributed by atoms with Gasteiger partial charge >= 0.3 is 0 Å². The van der Waals surface area contributed by atoms with E-state index in [-0.39, 0.29) is 48.2 Å². The van der Waals surface area contributed by atoms with Gasteiger partial charge in [-0.1, -0.05) is 45.0 Å². The molecule has 0 bridgehead atoms. The minimum atomic E-state index is -0.237. The number of benzene rings is 1. The quantitative estimate of drug-likeness (QED) is 0.0954. The zero-order valence-electron chi connectivity index (χ0n) is 31.6. The van der Waals surface area contributed by atoms with E-state index < -0.39 is 0 Å². The lowest BCUT2D eigenvalue weighted by Crippen LogP contribution is -2.51. The van der Waals surface area contributed by atoms with Gasteiger partial charge in [-0.3, -0.25) is 25.2 Å². The zero-order chi connectivity index (χ0) is 37.7. The first-order valence-corrected chi connectivity index (χ1v) is 18.9. The molecule has 0 spiro atoms. The maximum atomic E-state index is 13.4. The molecule has 2 aliphatic rings. The molecule has 282 valence electrons. The predicted molar refractivity (Wildman–Crippen MR) is 205 cm³/mol. The van der Waals surface area contributed by atoms with Crippen LogP contribution >= 0.6 is 0 Å². The zero-order valence-corrected chi connectivity index (χ0v) is 31.6. The number of aliphatic hydroxyl groups excluding tert-OH is 1. The second kappa shape index (κ2) is 16.4. The minimum Gasteiger partial charge on any atom is -0.490 e. The fourth-order valence-corrected chi connectivity index (χ4v) is 7.63. The number of aromatic nitrogens is 4. The Balaban J connectivity index is 1.10. The number of carbonyl (C=O) groups excluding carboxylic acids is 1. The molecule has 1 aliphatic carbocycles. The summed E-state index contributed by atoms with van der Waals surface area (Å²) in [6.07, 6.45) is 11.9. The molecule has 0 radical (unpaired) electrons. The van der Waals surface area contributed by atoms with Crippen LogP contribution in [0.5, 0.6) is 11.5 Å². The molecule has 3 aromatic heterocycles. The summed E-state index contributed by atoms with van der Waals surface area (Å²) in [5, 5.41) is 34.7. The number of likely N-dealkylation sites (tertiary alicyclic amines) is 1. The van der Waals surface area contributed by atoms with E-state index in [1.54, 1.807) is 40.0 Å². The molecule has 6 rings (SSSR count). The van der Waals surface area contributed by atoms with Gasteiger partial charge in [0.25, 0.3) is 0 Å². The number of anilines is 1. The highest BCUT2D eigenvalue weighted by atomic mass is 16.5. The standard InChI is InChI=1S/C41H54N8O4/c1-27-10-8-11-28(2)48(27)40(43)47-26-31(17-19-37(47)42)53-35-18-16-29(33-13-6-7-14-34(33)35)12-9-15-39(51)45-38-23-36(41(3,4)5)46-49(38)30-22-32(25-44-24-30)52-21-20-50/h6-7,13-14,17,19,22-29,35,42-43,50H,8-12,15-16,18,20-21H2,1-5H3,(H,45,51). The second-order valence-electron chi connectivity index (χ2n) is 15.5. The molecule has 4 unspecified atom stereocenters. The summed E-state index contributed by atoms with van der Waals surface area (Å²) in [6.45, 7) is 10.6. The molecule has 4 heterocycles. The number of nitrogens with zero attached hydrogens (tertiary/aromatic N) is 5. The number of nitrogens with one attached hydrogen (secondary N) is 3. The average molecular weight is 723 g/mol. The summed E-state index contributed by atoms with van der Waals surface area (Å²) in [6, 6.07) is 16.2. The minimum absolute atomic E-state index is 0.0809. The largest absolute Gasteiger partial charge is 0.490 e. The highest BCUT2D eigenvalue weighted by Gasteiger charge is 2.30. The fourth-order valence-electron chi connectivity index (χ4n) is 7.63. The molecule has 53 heavy (non-hydrogen) atoms. The molecule has 12 nitrogen and oxygen atoms in total. The summed E-state index contributed by atoms with van der Waals surface area (Å²) < 4.78 is 15.5. The van der Waals surface area contributed by atoms with Crippen molar-refractivity contribution in [3.05, 3.63) is 89.4 Å². The molecular formula is C41H54N8O4. The number of amides is 1. The molecule has 1 aliphatic heterocycles. The molecular weight excluding hydrogens is 669 g/mol. The van der Waals surface area contributed by atoms with Crippen molar-refractivity contribution in [2.24, 2.45) is 0 Å². The maximum absolute atomic E-state index is 13.4. The summed E-state index contributed by atoms with van der Waals surface area (Å²) in [7, 11) is 0. The van der Waals surface area contributed by atoms with E-state index in [2.05, 4.69) is 68.0 Å². The van der Waals surface area contributed by atoms with Crippen LogP contribution in [-0.4, -0.2) is 66.5 Å². The van der Waals surface area contributed by atoms with Crippen molar-refractivity contribution in [1.82, 2.24) is 24.2 Å². The summed E-state index contributed by atoms with van der Waals surface area (Å²) in [4.78, 5) is 19.8. The number of hydrogen-bond donors (Lipinski definition) is 4. The van der Waals surface area contributed by atoms with Crippen LogP contribution in [0.3, 0.4) is 0 Å². The molecule has 4 N–H and O–H groups in total. The third-order valence-corrected chi connectivity index (χ3v) is 10.4. The second-order valence-corrected chi connectivity index (χ2v) is 15.5. The van der Waals surface area contributed by atoms with Crippen LogP contribution in [-0.2, 0) is 10.2 Å². The molecule has 4 aromatic rings. The number of aliphatic hydroxyl groups is 1. The molecule has 1 fully saturated rings. The van der Waals surface area contributed by atoms with Crippen LogP contribution in [0.2, 0.25) is 0 Å². The smallest absolute Gasteiger partial charge is 0.225 e. The number of pyridine rings is 2. The van der Waals surface area contributed by atoms with Crippen LogP contribution in [0.25, 0.3) is 5.69 Å². The van der Waals surface area contributed by atoms with Crippen molar-refractivity contribution in [3.8, 4) is 17.2 Å². The maximum Gasteiger partial charge on any atom is 0.225 e. The van der Waals surface area contributed by atoms with Crippen molar-refractivity contribution in [2.75, 3.05) is 18.5 Å². The SMILES string of the molecule is CC1CCCC(C)N1C(=N)n1cc(OC2CCC(CCCC(=O)Nc3cc(C(C)(C)C)nn3-c3cncc(OCCO)c3)c3ccccc32)ccc1=N. The summed E-state index contributed by atoms with van der Waals surface area (Å²) in [5.74, 6) is 2.27. The van der Waals surface area contributed by atoms with Gasteiger partial charge in [0.15, 0.2) is 0 Å². The highest BCUT2D eigenvalue weighted by Crippen LogP contribution is 2.42. The van der Waals surface area contributed by atoms with E-state index in [1.165, 1.54) is 5.56 Å². The summed E-state index contributed by atoms with van der Waals surface area (Å²) in [5.41, 5.74) is 3.91. The lowest BCUT2D eigenvalue weighted by Gasteiger charge is -2.41. The Morgan fingerprint density at radius 3 is 2.49 bits per heavy atom. The van der Waals surface area contributed by atoms with Crippen LogP contribution in [0, 0.1) is 10.8 Å². The van der Waals surface area contributed by atoms with Gasteiger partial charge in [-0.2, -0.15) is 5.10 Å². The highest BCUT2D eigenvalue weighted by molar-refractivity contribution is 5.90. The molecule has 4 atom stereocenters. The van der Waals surface area contributed by atoms with Gasteiger partial charge in [0.1, 0.15) is 35.5 Å². The molecule has 1 amide bonds. The normalized spacial score (nSPS) is 20.1. The lowest BCUT2D eigenvalue weighted by molar-refractivity contribution is -0.116. The Labute approximate surface area is 312 Å². The van der Waals surface area contributed by atoms with E-state index in [0.29, 0.717) is 41.3 Å². The number of fused-ring (bicyclic) bond motifs is 1. The Kier molecular flexibility index (Phi) is 11.7. The predicted octanol–water partition coefficient (Wildman–Crippen LogP) is 7.07. The van der Waals surface area contributed by atoms with Crippen molar-refractivity contribution in [3.63, 3.8) is 0 Å². The molecule has 1 saturated heterocycles. The van der Waals surface area contributed by atoms with Gasteiger partial charge in [0.2, 0.25) is 11.9 Å². The van der Waals surface area contributed by atoms with E-state index in [0.717, 1.165) is 56.2 Å².